The molecule has 2 aromatic rings. The van der Waals surface area contributed by atoms with Gasteiger partial charge in [-0.05, 0) is 54.0 Å². The monoisotopic (exact) mass is 446 g/mol. The summed E-state index contributed by atoms with van der Waals surface area (Å²) in [4.78, 5) is 19.1. The number of aliphatic carboxylic acids is 1. The summed E-state index contributed by atoms with van der Waals surface area (Å²) < 4.78 is 13.7. The molecule has 1 aliphatic heterocycles. The van der Waals surface area contributed by atoms with E-state index in [9.17, 15) is 14.3 Å². The number of hydrogen-bond donors (Lipinski definition) is 1. The van der Waals surface area contributed by atoms with Gasteiger partial charge in [-0.25, -0.2) is 4.39 Å². The molecule has 1 saturated heterocycles. The smallest absolute Gasteiger partial charge is 0.310 e. The zero-order chi connectivity index (χ0) is 22.8. The standard InChI is InChI=1S/C25H32ClFN2O2/c1-5-8-25(23(30)31)12-19(24(2,3)4)14-29(16-25)15-22-7-6-17(13-28-22)18-9-20(26)11-21(27)10-18/h6-7,9-11,13,19H,5,8,12,14-16H2,1-4H3,(H,30,31)/t19-,25-/m1/s1. The highest BCUT2D eigenvalue weighted by atomic mass is 35.5. The van der Waals surface area contributed by atoms with Crippen molar-refractivity contribution in [2.45, 2.75) is 53.5 Å². The molecule has 1 N–H and O–H groups in total. The fraction of sp³-hybridized carbons (Fsp3) is 0.520. The van der Waals surface area contributed by atoms with Gasteiger partial charge in [0.1, 0.15) is 5.82 Å². The van der Waals surface area contributed by atoms with Crippen LogP contribution in [-0.4, -0.2) is 34.0 Å². The molecule has 0 unspecified atom stereocenters. The number of rotatable bonds is 6. The van der Waals surface area contributed by atoms with Crippen LogP contribution in [0.2, 0.25) is 5.02 Å². The molecule has 168 valence electrons. The Hall–Kier alpha value is -1.98. The highest BCUT2D eigenvalue weighted by Gasteiger charge is 2.47. The summed E-state index contributed by atoms with van der Waals surface area (Å²) in [6.07, 6.45) is 3.96. The number of piperidine rings is 1. The average Bonchev–Trinajstić information content (AvgIpc) is 2.67. The Balaban J connectivity index is 1.82. The second-order valence-corrected chi connectivity index (χ2v) is 10.4. The zero-order valence-corrected chi connectivity index (χ0v) is 19.5. The second-order valence-electron chi connectivity index (χ2n) is 9.97. The summed E-state index contributed by atoms with van der Waals surface area (Å²) in [7, 11) is 0. The van der Waals surface area contributed by atoms with Gasteiger partial charge < -0.3 is 5.11 Å². The Morgan fingerprint density at radius 3 is 2.58 bits per heavy atom. The van der Waals surface area contributed by atoms with Crippen LogP contribution < -0.4 is 0 Å². The summed E-state index contributed by atoms with van der Waals surface area (Å²) in [5.41, 5.74) is 1.66. The first-order valence-corrected chi connectivity index (χ1v) is 11.3. The van der Waals surface area contributed by atoms with Gasteiger partial charge in [0.2, 0.25) is 0 Å². The summed E-state index contributed by atoms with van der Waals surface area (Å²) >= 11 is 5.97. The minimum atomic E-state index is -0.719. The molecule has 0 bridgehead atoms. The third-order valence-corrected chi connectivity index (χ3v) is 6.67. The molecule has 1 aromatic carbocycles. The van der Waals surface area contributed by atoms with Gasteiger partial charge in [-0.3, -0.25) is 14.7 Å². The van der Waals surface area contributed by atoms with E-state index in [0.29, 0.717) is 36.5 Å². The number of carboxylic acid groups (broad SMARTS) is 1. The maximum atomic E-state index is 13.7. The lowest BCUT2D eigenvalue weighted by atomic mass is 9.65. The highest BCUT2D eigenvalue weighted by molar-refractivity contribution is 6.30. The van der Waals surface area contributed by atoms with Crippen molar-refractivity contribution >= 4 is 17.6 Å². The Bertz CT molecular complexity index is 906. The van der Waals surface area contributed by atoms with Gasteiger partial charge in [0, 0.05) is 36.4 Å². The molecule has 0 aliphatic carbocycles. The van der Waals surface area contributed by atoms with Crippen molar-refractivity contribution in [3.05, 3.63) is 53.1 Å². The molecule has 1 fully saturated rings. The molecule has 0 amide bonds. The van der Waals surface area contributed by atoms with Crippen LogP contribution in [0.3, 0.4) is 0 Å². The van der Waals surface area contributed by atoms with Crippen LogP contribution in [0.5, 0.6) is 0 Å². The summed E-state index contributed by atoms with van der Waals surface area (Å²) in [5.74, 6) is -0.786. The number of hydrogen-bond acceptors (Lipinski definition) is 3. The number of aromatic nitrogens is 1. The van der Waals surface area contributed by atoms with E-state index < -0.39 is 11.4 Å². The normalized spacial score (nSPS) is 22.5. The molecular formula is C25H32ClFN2O2. The van der Waals surface area contributed by atoms with Crippen molar-refractivity contribution < 1.29 is 14.3 Å². The zero-order valence-electron chi connectivity index (χ0n) is 18.8. The average molecular weight is 447 g/mol. The van der Waals surface area contributed by atoms with Crippen molar-refractivity contribution in [3.8, 4) is 11.1 Å². The van der Waals surface area contributed by atoms with Gasteiger partial charge in [-0.2, -0.15) is 0 Å². The number of pyridine rings is 1. The molecule has 4 nitrogen and oxygen atoms in total. The molecule has 2 heterocycles. The van der Waals surface area contributed by atoms with E-state index in [1.807, 2.05) is 12.1 Å². The van der Waals surface area contributed by atoms with Crippen molar-refractivity contribution in [3.63, 3.8) is 0 Å². The summed E-state index contributed by atoms with van der Waals surface area (Å²) in [6.45, 7) is 10.6. The first-order valence-electron chi connectivity index (χ1n) is 10.9. The lowest BCUT2D eigenvalue weighted by Gasteiger charge is -2.48. The number of nitrogens with zero attached hydrogens (tertiary/aromatic N) is 2. The van der Waals surface area contributed by atoms with Gasteiger partial charge in [-0.15, -0.1) is 0 Å². The summed E-state index contributed by atoms with van der Waals surface area (Å²) in [6, 6.07) is 8.27. The lowest BCUT2D eigenvalue weighted by molar-refractivity contribution is -0.157. The third-order valence-electron chi connectivity index (χ3n) is 6.46. The molecule has 1 aliphatic rings. The number of carbonyl (C=O) groups is 1. The topological polar surface area (TPSA) is 53.4 Å². The molecule has 1 aromatic heterocycles. The first kappa shape index (κ1) is 23.7. The molecule has 2 atom stereocenters. The minimum Gasteiger partial charge on any atom is -0.481 e. The van der Waals surface area contributed by atoms with Crippen LogP contribution in [-0.2, 0) is 11.3 Å². The summed E-state index contributed by atoms with van der Waals surface area (Å²) in [5, 5.41) is 10.5. The Kier molecular flexibility index (Phi) is 7.07. The predicted octanol–water partition coefficient (Wildman–Crippen LogP) is 6.28. The van der Waals surface area contributed by atoms with Crippen molar-refractivity contribution in [2.75, 3.05) is 13.1 Å². The molecule has 0 radical (unpaired) electrons. The van der Waals surface area contributed by atoms with E-state index in [1.165, 1.54) is 12.1 Å². The first-order chi connectivity index (χ1) is 14.5. The van der Waals surface area contributed by atoms with E-state index in [4.69, 9.17) is 11.6 Å². The number of halogens is 2. The minimum absolute atomic E-state index is 0.0288. The van der Waals surface area contributed by atoms with Gasteiger partial charge in [0.25, 0.3) is 0 Å². The quantitative estimate of drug-likeness (QED) is 0.567. The largest absolute Gasteiger partial charge is 0.481 e. The van der Waals surface area contributed by atoms with Gasteiger partial charge in [0.05, 0.1) is 11.1 Å². The molecule has 0 saturated carbocycles. The van der Waals surface area contributed by atoms with Crippen molar-refractivity contribution in [1.29, 1.82) is 0 Å². The lowest BCUT2D eigenvalue weighted by Crippen LogP contribution is -2.53. The fourth-order valence-electron chi connectivity index (χ4n) is 4.67. The second kappa shape index (κ2) is 9.25. The predicted molar refractivity (Wildman–Crippen MR) is 122 cm³/mol. The van der Waals surface area contributed by atoms with Crippen LogP contribution in [0.15, 0.2) is 36.5 Å². The number of carboxylic acids is 1. The van der Waals surface area contributed by atoms with Gasteiger partial charge in [-0.1, -0.05) is 51.8 Å². The molecular weight excluding hydrogens is 415 g/mol. The Morgan fingerprint density at radius 2 is 2.03 bits per heavy atom. The number of likely N-dealkylation sites (tertiary alicyclic amines) is 1. The van der Waals surface area contributed by atoms with Crippen LogP contribution in [0.1, 0.15) is 52.7 Å². The van der Waals surface area contributed by atoms with E-state index >= 15 is 0 Å². The van der Waals surface area contributed by atoms with Crippen molar-refractivity contribution in [1.82, 2.24) is 9.88 Å². The van der Waals surface area contributed by atoms with E-state index in [1.54, 1.807) is 12.3 Å². The van der Waals surface area contributed by atoms with Gasteiger partial charge in [0.15, 0.2) is 0 Å². The number of benzene rings is 1. The van der Waals surface area contributed by atoms with Crippen LogP contribution in [0.25, 0.3) is 11.1 Å². The van der Waals surface area contributed by atoms with Gasteiger partial charge >= 0.3 is 5.97 Å². The molecule has 3 rings (SSSR count). The van der Waals surface area contributed by atoms with Crippen LogP contribution in [0.4, 0.5) is 4.39 Å². The van der Waals surface area contributed by atoms with E-state index in [0.717, 1.165) is 24.2 Å². The molecule has 6 heteroatoms. The molecule has 31 heavy (non-hydrogen) atoms. The SMILES string of the molecule is CCC[C@@]1(C(=O)O)C[C@@H](C(C)(C)C)CN(Cc2ccc(-c3cc(F)cc(Cl)c3)cn2)C1. The van der Waals surface area contributed by atoms with E-state index in [-0.39, 0.29) is 17.2 Å². The third kappa shape index (κ3) is 5.64. The highest BCUT2D eigenvalue weighted by Crippen LogP contribution is 2.44. The Morgan fingerprint density at radius 1 is 1.29 bits per heavy atom. The van der Waals surface area contributed by atoms with Crippen molar-refractivity contribution in [2.24, 2.45) is 16.7 Å². The van der Waals surface area contributed by atoms with Crippen LogP contribution in [0, 0.1) is 22.6 Å². The maximum Gasteiger partial charge on any atom is 0.310 e. The maximum absolute atomic E-state index is 13.7. The van der Waals surface area contributed by atoms with Crippen LogP contribution >= 0.6 is 11.6 Å². The molecule has 0 spiro atoms. The van der Waals surface area contributed by atoms with E-state index in [2.05, 4.69) is 37.6 Å². The Labute approximate surface area is 189 Å². The fourth-order valence-corrected chi connectivity index (χ4v) is 4.89.